The quantitative estimate of drug-likeness (QED) is 0.0285. The van der Waals surface area contributed by atoms with Crippen molar-refractivity contribution in [3.63, 3.8) is 0 Å². The number of hydrazine groups is 2. The van der Waals surface area contributed by atoms with E-state index in [1.54, 1.807) is 87.7 Å². The highest BCUT2D eigenvalue weighted by Gasteiger charge is 2.33. The van der Waals surface area contributed by atoms with Crippen molar-refractivity contribution in [1.29, 1.82) is 0 Å². The summed E-state index contributed by atoms with van der Waals surface area (Å²) in [6.07, 6.45) is -0.296. The van der Waals surface area contributed by atoms with Gasteiger partial charge in [0.1, 0.15) is 35.1 Å². The van der Waals surface area contributed by atoms with Gasteiger partial charge in [-0.05, 0) is 69.1 Å². The van der Waals surface area contributed by atoms with E-state index >= 15 is 0 Å². The molecule has 572 valence electrons. The Morgan fingerprint density at radius 3 is 0.869 bits per heavy atom. The molecule has 14 N–H and O–H groups in total. The van der Waals surface area contributed by atoms with Crippen molar-refractivity contribution < 1.29 is 118 Å². The summed E-state index contributed by atoms with van der Waals surface area (Å²) in [5.74, 6) is -14.0. The average molecular weight is 1490 g/mol. The number of benzene rings is 6. The molecule has 6 aromatic carbocycles. The van der Waals surface area contributed by atoms with E-state index in [0.717, 1.165) is 0 Å². The number of carbonyl (C=O) groups is 12. The van der Waals surface area contributed by atoms with E-state index in [1.165, 1.54) is 60.7 Å². The molecule has 6 aromatic rings. The predicted octanol–water partition coefficient (Wildman–Crippen LogP) is -0.123. The molecular formula is C71H84N12O24. The van der Waals surface area contributed by atoms with Gasteiger partial charge in [-0.3, -0.25) is 118 Å². The van der Waals surface area contributed by atoms with E-state index in [4.69, 9.17) is 9.47 Å². The Morgan fingerprint density at radius 1 is 0.346 bits per heavy atom. The Hall–Kier alpha value is -11.6. The van der Waals surface area contributed by atoms with Crippen LogP contribution in [0.15, 0.2) is 109 Å². The molecule has 8 rings (SSSR count). The fourth-order valence-corrected chi connectivity index (χ4v) is 12.7. The van der Waals surface area contributed by atoms with Gasteiger partial charge in [-0.2, -0.15) is 0 Å². The molecule has 2 unspecified atom stereocenters. The molecule has 2 saturated heterocycles. The van der Waals surface area contributed by atoms with E-state index in [1.807, 2.05) is 0 Å². The third-order valence-electron chi connectivity index (χ3n) is 18.0. The smallest absolute Gasteiger partial charge is 0.325 e. The summed E-state index contributed by atoms with van der Waals surface area (Å²) in [4.78, 5) is 163. The van der Waals surface area contributed by atoms with Crippen LogP contribution in [0, 0.1) is 0 Å². The number of fused-ring (bicyclic) bond motifs is 2. The van der Waals surface area contributed by atoms with Crippen molar-refractivity contribution in [3.05, 3.63) is 143 Å². The number of ether oxygens (including phenoxy) is 2. The number of rotatable bonds is 28. The van der Waals surface area contributed by atoms with Crippen LogP contribution in [0.5, 0.6) is 23.0 Å². The summed E-state index contributed by atoms with van der Waals surface area (Å²) in [5.41, 5.74) is 9.12. The van der Waals surface area contributed by atoms with Crippen LogP contribution in [0.2, 0.25) is 0 Å². The van der Waals surface area contributed by atoms with Gasteiger partial charge in [0.15, 0.2) is 13.2 Å². The van der Waals surface area contributed by atoms with Crippen LogP contribution in [0.25, 0.3) is 21.5 Å². The number of phenols is 2. The first-order valence-electron chi connectivity index (χ1n) is 33.8. The second-order valence-corrected chi connectivity index (χ2v) is 25.4. The zero-order valence-electron chi connectivity index (χ0n) is 58.0. The maximum absolute atomic E-state index is 13.9. The molecule has 0 radical (unpaired) electrons. The minimum Gasteiger partial charge on any atom is -0.507 e. The lowest BCUT2D eigenvalue weighted by molar-refractivity contribution is -0.145. The summed E-state index contributed by atoms with van der Waals surface area (Å²) < 4.78 is 11.3. The van der Waals surface area contributed by atoms with Crippen molar-refractivity contribution in [2.75, 3.05) is 157 Å². The number of aromatic hydroxyl groups is 2. The van der Waals surface area contributed by atoms with E-state index < -0.39 is 134 Å². The largest absolute Gasteiger partial charge is 0.507 e. The molecule has 0 saturated carbocycles. The number of carbonyl (C=O) groups excluding carboxylic acids is 4. The first-order valence-corrected chi connectivity index (χ1v) is 33.8. The summed E-state index contributed by atoms with van der Waals surface area (Å²) in [6, 6.07) is 24.8. The summed E-state index contributed by atoms with van der Waals surface area (Å²) >= 11 is 0. The molecular weight excluding hydrogens is 1400 g/mol. The maximum Gasteiger partial charge on any atom is 0.325 e. The third-order valence-corrected chi connectivity index (χ3v) is 18.0. The first kappa shape index (κ1) is 81.0. The Bertz CT molecular complexity index is 3900. The van der Waals surface area contributed by atoms with Crippen LogP contribution in [-0.4, -0.2) is 319 Å². The highest BCUT2D eigenvalue weighted by atomic mass is 16.5. The Kier molecular flexibility index (Phi) is 29.5. The van der Waals surface area contributed by atoms with Gasteiger partial charge in [0.25, 0.3) is 23.6 Å². The molecule has 2 aliphatic rings. The summed E-state index contributed by atoms with van der Waals surface area (Å²) in [5, 5.41) is 105. The molecule has 36 nitrogen and oxygen atoms in total. The lowest BCUT2D eigenvalue weighted by Crippen LogP contribution is -2.49. The van der Waals surface area contributed by atoms with Crippen LogP contribution in [-0.2, 0) is 54.4 Å². The van der Waals surface area contributed by atoms with E-state index in [2.05, 4.69) is 21.7 Å². The molecule has 0 bridgehead atoms. The highest BCUT2D eigenvalue weighted by Crippen LogP contribution is 2.39. The molecule has 36 heteroatoms. The van der Waals surface area contributed by atoms with Crippen LogP contribution >= 0.6 is 0 Å². The molecule has 2 atom stereocenters. The zero-order valence-corrected chi connectivity index (χ0v) is 58.0. The van der Waals surface area contributed by atoms with Crippen molar-refractivity contribution in [3.8, 4) is 23.0 Å². The molecule has 0 aliphatic carbocycles. The number of carboxylic acid groups (broad SMARTS) is 8. The maximum atomic E-state index is 13.9. The lowest BCUT2D eigenvalue weighted by atomic mass is 9.90. The SMILES string of the molecule is O=C(O)CN1CCN(CC(=O)O)CCN(C(C(=O)O)c2ccc(OCC(=O)NNC(=O)c3cc4ccccc4c(Cc4c(O)c(C(=O)NNC(=O)COc5ccc(C(C(=O)O)N6CCN(CC(=O)O)CCN(CC(=O)O)CCN(CC(=O)O)CC6)cc5)cc5ccccc45)c3O)cc2)CCN(CC(=O)O)CC1. The van der Waals surface area contributed by atoms with E-state index in [9.17, 15) is 109 Å². The number of hydrogen-bond acceptors (Lipinski definition) is 24. The number of phenolic OH excluding ortho intramolecular Hbond substituents is 2. The number of aliphatic carboxylic acids is 8. The molecule has 2 heterocycles. The van der Waals surface area contributed by atoms with Gasteiger partial charge in [-0.25, -0.2) is 0 Å². The number of nitrogens with one attached hydrogen (secondary N) is 4. The Labute approximate surface area is 611 Å². The first-order chi connectivity index (χ1) is 51.1. The summed E-state index contributed by atoms with van der Waals surface area (Å²) in [7, 11) is 0. The van der Waals surface area contributed by atoms with Crippen molar-refractivity contribution >= 4 is 92.9 Å². The minimum atomic E-state index is -1.33. The molecule has 4 amide bonds. The molecule has 2 aliphatic heterocycles. The van der Waals surface area contributed by atoms with E-state index in [0.29, 0.717) is 21.5 Å². The zero-order chi connectivity index (χ0) is 77.4. The van der Waals surface area contributed by atoms with Crippen molar-refractivity contribution in [2.45, 2.75) is 18.5 Å². The second-order valence-electron chi connectivity index (χ2n) is 25.4. The molecule has 0 spiro atoms. The van der Waals surface area contributed by atoms with Gasteiger partial charge in [-0.1, -0.05) is 72.8 Å². The topological polar surface area (TPSA) is 500 Å². The predicted molar refractivity (Wildman–Crippen MR) is 377 cm³/mol. The van der Waals surface area contributed by atoms with Crippen LogP contribution in [0.4, 0.5) is 0 Å². The normalized spacial score (nSPS) is 16.2. The molecule has 2 fully saturated rings. The van der Waals surface area contributed by atoms with Gasteiger partial charge >= 0.3 is 47.8 Å². The van der Waals surface area contributed by atoms with Crippen molar-refractivity contribution in [2.24, 2.45) is 0 Å². The standard InChI is InChI=1S/C71H84N12O24/c84-56(42-106-48-13-9-44(10-14-48)64(70(102)103)82-29-25-78(38-60(90)91)21-17-76(36-58(86)87)18-22-79(26-30-82)39-61(92)93)72-74-68(100)54-33-46-5-1-3-7-50(46)52(66(54)98)35-53-51-8-4-2-6-47(51)34-55(67(53)99)69(101)75-73-57(85)43-107-49-15-11-45(12-16-49)65(71(104)105)83-31-27-80(40-62(94)95)23-19-77(37-59(88)89)20-24-81(28-32-83)41-63(96)97/h1-16,33-34,64-65,98-99H,17-32,35-43H2,(H,72,84)(H,73,85)(H,74,100)(H,75,101)(H,86,87)(H,88,89)(H,90,91)(H,92,93)(H,94,95)(H,96,97)(H,102,103)(H,104,105). The fourth-order valence-electron chi connectivity index (χ4n) is 12.7. The number of nitrogens with zero attached hydrogens (tertiary/aromatic N) is 8. The van der Waals surface area contributed by atoms with Gasteiger partial charge in [0, 0.05) is 122 Å². The van der Waals surface area contributed by atoms with Gasteiger partial charge in [0.05, 0.1) is 50.4 Å². The monoisotopic (exact) mass is 1490 g/mol. The third kappa shape index (κ3) is 24.2. The van der Waals surface area contributed by atoms with Gasteiger partial charge in [-0.15, -0.1) is 0 Å². The van der Waals surface area contributed by atoms with Crippen LogP contribution in [0.1, 0.15) is 55.1 Å². The summed E-state index contributed by atoms with van der Waals surface area (Å²) in [6.45, 7) is -2.50. The van der Waals surface area contributed by atoms with Gasteiger partial charge in [0.2, 0.25) is 0 Å². The number of carboxylic acids is 8. The lowest BCUT2D eigenvalue weighted by Gasteiger charge is -2.35. The van der Waals surface area contributed by atoms with Crippen LogP contribution in [0.3, 0.4) is 0 Å². The molecule has 0 aromatic heterocycles. The van der Waals surface area contributed by atoms with E-state index in [-0.39, 0.29) is 169 Å². The van der Waals surface area contributed by atoms with Crippen LogP contribution < -0.4 is 31.2 Å². The average Bonchev–Trinajstić information content (AvgIpc) is 0.771. The number of hydrogen-bond donors (Lipinski definition) is 14. The second kappa shape index (κ2) is 38.9. The fraction of sp³-hybridized carbons (Fsp3) is 0.380. The number of amides is 4. The Morgan fingerprint density at radius 2 is 0.607 bits per heavy atom. The highest BCUT2D eigenvalue weighted by molar-refractivity contribution is 6.06. The molecule has 107 heavy (non-hydrogen) atoms. The Balaban J connectivity index is 0.896. The van der Waals surface area contributed by atoms with Crippen molar-refractivity contribution in [1.82, 2.24) is 60.9 Å². The van der Waals surface area contributed by atoms with Gasteiger partial charge < -0.3 is 60.5 Å². The minimum absolute atomic E-state index is 0.00901.